The van der Waals surface area contributed by atoms with Crippen molar-refractivity contribution in [3.63, 3.8) is 0 Å². The number of nitrogens with one attached hydrogen (secondary N) is 2. The lowest BCUT2D eigenvalue weighted by Crippen LogP contribution is -2.18. The zero-order valence-corrected chi connectivity index (χ0v) is 17.0. The molecule has 1 aromatic heterocycles. The molecule has 0 fully saturated rings. The molecule has 2 aromatic carbocycles. The molecule has 0 aliphatic rings. The summed E-state index contributed by atoms with van der Waals surface area (Å²) in [6, 6.07) is 10.8. The summed E-state index contributed by atoms with van der Waals surface area (Å²) in [5, 5.41) is 7.60. The van der Waals surface area contributed by atoms with Crippen LogP contribution in [0.1, 0.15) is 24.2 Å². The van der Waals surface area contributed by atoms with Crippen LogP contribution < -0.4 is 15.4 Å². The number of benzene rings is 2. The molecule has 0 aliphatic carbocycles. The van der Waals surface area contributed by atoms with Gasteiger partial charge in [-0.05, 0) is 42.5 Å². The monoisotopic (exact) mass is 413 g/mol. The number of rotatable bonds is 6. The van der Waals surface area contributed by atoms with Gasteiger partial charge in [0.05, 0.1) is 12.8 Å². The quantitative estimate of drug-likeness (QED) is 0.608. The summed E-state index contributed by atoms with van der Waals surface area (Å²) in [7, 11) is 1.50. The van der Waals surface area contributed by atoms with E-state index in [4.69, 9.17) is 4.74 Å². The number of hydrogen-bond acceptors (Lipinski definition) is 5. The van der Waals surface area contributed by atoms with Gasteiger partial charge in [0, 0.05) is 28.1 Å². The molecule has 3 aromatic rings. The lowest BCUT2D eigenvalue weighted by molar-refractivity contribution is -0.118. The van der Waals surface area contributed by atoms with Crippen LogP contribution in [0.25, 0.3) is 11.3 Å². The van der Waals surface area contributed by atoms with Gasteiger partial charge in [0.15, 0.2) is 5.13 Å². The van der Waals surface area contributed by atoms with Crippen molar-refractivity contribution < 1.29 is 18.7 Å². The number of carbonyl (C=O) groups excluding carboxylic acids is 2. The molecule has 0 aliphatic heterocycles. The van der Waals surface area contributed by atoms with E-state index in [0.29, 0.717) is 33.4 Å². The van der Waals surface area contributed by atoms with Crippen LogP contribution in [0.5, 0.6) is 5.75 Å². The first-order valence-electron chi connectivity index (χ1n) is 8.89. The van der Waals surface area contributed by atoms with Crippen LogP contribution in [-0.4, -0.2) is 23.9 Å². The Labute approximate surface area is 171 Å². The van der Waals surface area contributed by atoms with Gasteiger partial charge >= 0.3 is 0 Å². The molecular formula is C21H20FN3O3S. The van der Waals surface area contributed by atoms with E-state index in [-0.39, 0.29) is 17.7 Å². The Hall–Kier alpha value is -3.26. The number of aromatic nitrogens is 1. The van der Waals surface area contributed by atoms with Crippen LogP contribution >= 0.6 is 11.3 Å². The normalized spacial score (nSPS) is 10.7. The first-order valence-corrected chi connectivity index (χ1v) is 9.77. The molecule has 0 saturated carbocycles. The Balaban J connectivity index is 1.71. The van der Waals surface area contributed by atoms with Crippen molar-refractivity contribution in [2.24, 2.45) is 5.92 Å². The SMILES string of the molecule is COc1ccc(F)cc1-c1csc(NC(=O)c2ccc(NC(=O)C(C)C)cc2)n1. The predicted molar refractivity (Wildman–Crippen MR) is 112 cm³/mol. The fourth-order valence-corrected chi connectivity index (χ4v) is 3.20. The fourth-order valence-electron chi connectivity index (χ4n) is 2.50. The summed E-state index contributed by atoms with van der Waals surface area (Å²) in [5.41, 5.74) is 2.06. The number of thiazole rings is 1. The van der Waals surface area contributed by atoms with Crippen molar-refractivity contribution in [2.75, 3.05) is 17.7 Å². The lowest BCUT2D eigenvalue weighted by atomic mass is 10.1. The van der Waals surface area contributed by atoms with Gasteiger partial charge in [-0.25, -0.2) is 9.37 Å². The first kappa shape index (κ1) is 20.5. The number of halogens is 1. The molecule has 0 unspecified atom stereocenters. The fraction of sp³-hybridized carbons (Fsp3) is 0.190. The largest absolute Gasteiger partial charge is 0.496 e. The van der Waals surface area contributed by atoms with E-state index in [1.165, 1.54) is 36.6 Å². The number of ether oxygens (including phenoxy) is 1. The van der Waals surface area contributed by atoms with Crippen molar-refractivity contribution >= 4 is 34.0 Å². The van der Waals surface area contributed by atoms with Gasteiger partial charge in [-0.3, -0.25) is 14.9 Å². The smallest absolute Gasteiger partial charge is 0.257 e. The predicted octanol–water partition coefficient (Wildman–Crippen LogP) is 4.80. The van der Waals surface area contributed by atoms with Crippen LogP contribution in [-0.2, 0) is 4.79 Å². The molecule has 150 valence electrons. The average molecular weight is 413 g/mol. The highest BCUT2D eigenvalue weighted by Crippen LogP contribution is 2.32. The van der Waals surface area contributed by atoms with Gasteiger partial charge in [-0.15, -0.1) is 11.3 Å². The molecule has 1 heterocycles. The van der Waals surface area contributed by atoms with E-state index >= 15 is 0 Å². The molecular weight excluding hydrogens is 393 g/mol. The van der Waals surface area contributed by atoms with Gasteiger partial charge in [0.1, 0.15) is 11.6 Å². The summed E-state index contributed by atoms with van der Waals surface area (Å²) in [6.07, 6.45) is 0. The van der Waals surface area contributed by atoms with Crippen LogP contribution in [0.3, 0.4) is 0 Å². The molecule has 0 saturated heterocycles. The molecule has 2 N–H and O–H groups in total. The Kier molecular flexibility index (Phi) is 6.23. The molecule has 6 nitrogen and oxygen atoms in total. The Morgan fingerprint density at radius 1 is 1.10 bits per heavy atom. The number of carbonyl (C=O) groups is 2. The van der Waals surface area contributed by atoms with E-state index in [9.17, 15) is 14.0 Å². The molecule has 0 atom stereocenters. The molecule has 29 heavy (non-hydrogen) atoms. The minimum Gasteiger partial charge on any atom is -0.496 e. The maximum atomic E-state index is 13.6. The van der Waals surface area contributed by atoms with Gasteiger partial charge < -0.3 is 10.1 Å². The summed E-state index contributed by atoms with van der Waals surface area (Å²) in [6.45, 7) is 3.61. The van der Waals surface area contributed by atoms with E-state index < -0.39 is 5.82 Å². The molecule has 0 bridgehead atoms. The Morgan fingerprint density at radius 2 is 1.83 bits per heavy atom. The summed E-state index contributed by atoms with van der Waals surface area (Å²) in [4.78, 5) is 28.5. The average Bonchev–Trinajstić information content (AvgIpc) is 3.16. The molecule has 0 radical (unpaired) electrons. The minimum absolute atomic E-state index is 0.0923. The zero-order chi connectivity index (χ0) is 21.0. The lowest BCUT2D eigenvalue weighted by Gasteiger charge is -2.08. The van der Waals surface area contributed by atoms with Crippen molar-refractivity contribution in [1.29, 1.82) is 0 Å². The number of hydrogen-bond donors (Lipinski definition) is 2. The molecule has 8 heteroatoms. The topological polar surface area (TPSA) is 80.3 Å². The zero-order valence-electron chi connectivity index (χ0n) is 16.2. The third-order valence-corrected chi connectivity index (χ3v) is 4.86. The minimum atomic E-state index is -0.399. The van der Waals surface area contributed by atoms with Crippen molar-refractivity contribution in [3.8, 4) is 17.0 Å². The van der Waals surface area contributed by atoms with E-state index in [1.807, 2.05) is 0 Å². The number of nitrogens with zero attached hydrogens (tertiary/aromatic N) is 1. The van der Waals surface area contributed by atoms with Gasteiger partial charge in [0.25, 0.3) is 5.91 Å². The highest BCUT2D eigenvalue weighted by Gasteiger charge is 2.14. The number of anilines is 2. The van der Waals surface area contributed by atoms with E-state index in [0.717, 1.165) is 0 Å². The van der Waals surface area contributed by atoms with Crippen molar-refractivity contribution in [2.45, 2.75) is 13.8 Å². The number of methoxy groups -OCH3 is 1. The standard InChI is InChI=1S/C21H20FN3O3S/c1-12(2)19(26)23-15-7-4-13(5-8-15)20(27)25-21-24-17(11-29-21)16-10-14(22)6-9-18(16)28-3/h4-12H,1-3H3,(H,23,26)(H,24,25,27). The third-order valence-electron chi connectivity index (χ3n) is 4.10. The van der Waals surface area contributed by atoms with Crippen LogP contribution in [0.4, 0.5) is 15.2 Å². The maximum absolute atomic E-state index is 13.6. The summed E-state index contributed by atoms with van der Waals surface area (Å²) >= 11 is 1.23. The molecule has 2 amide bonds. The van der Waals surface area contributed by atoms with Gasteiger partial charge in [0.2, 0.25) is 5.91 Å². The second kappa shape index (κ2) is 8.83. The molecule has 0 spiro atoms. The second-order valence-electron chi connectivity index (χ2n) is 6.56. The Bertz CT molecular complexity index is 1030. The summed E-state index contributed by atoms with van der Waals surface area (Å²) < 4.78 is 18.8. The Morgan fingerprint density at radius 3 is 2.48 bits per heavy atom. The molecule has 3 rings (SSSR count). The van der Waals surface area contributed by atoms with Crippen molar-refractivity contribution in [3.05, 3.63) is 59.2 Å². The van der Waals surface area contributed by atoms with Crippen LogP contribution in [0.15, 0.2) is 47.8 Å². The highest BCUT2D eigenvalue weighted by molar-refractivity contribution is 7.14. The maximum Gasteiger partial charge on any atom is 0.257 e. The van der Waals surface area contributed by atoms with E-state index in [2.05, 4.69) is 15.6 Å². The van der Waals surface area contributed by atoms with Crippen molar-refractivity contribution in [1.82, 2.24) is 4.98 Å². The van der Waals surface area contributed by atoms with Crippen LogP contribution in [0.2, 0.25) is 0 Å². The van der Waals surface area contributed by atoms with E-state index in [1.54, 1.807) is 43.5 Å². The third kappa shape index (κ3) is 4.97. The second-order valence-corrected chi connectivity index (χ2v) is 7.42. The highest BCUT2D eigenvalue weighted by atomic mass is 32.1. The van der Waals surface area contributed by atoms with Crippen LogP contribution in [0, 0.1) is 11.7 Å². The number of amides is 2. The first-order chi connectivity index (χ1) is 13.9. The summed E-state index contributed by atoms with van der Waals surface area (Å²) in [5.74, 6) is -0.462. The van der Waals surface area contributed by atoms with Gasteiger partial charge in [-0.2, -0.15) is 0 Å². The van der Waals surface area contributed by atoms with Gasteiger partial charge in [-0.1, -0.05) is 13.8 Å².